The van der Waals surface area contributed by atoms with Crippen LogP contribution in [0.15, 0.2) is 23.8 Å². The van der Waals surface area contributed by atoms with E-state index in [4.69, 9.17) is 0 Å². The van der Waals surface area contributed by atoms with Gasteiger partial charge in [0.1, 0.15) is 10.4 Å². The molecule has 1 aliphatic rings. The average Bonchev–Trinajstić information content (AvgIpc) is 2.83. The van der Waals surface area contributed by atoms with Crippen LogP contribution in [0.1, 0.15) is 24.3 Å². The lowest BCUT2D eigenvalue weighted by molar-refractivity contribution is -0.147. The standard InChI is InChI=1S/C12H12N2O2S/c15-11(16)12(3-1-4-12)10-14-9(7-17-10)8-2-5-13-6-8/h2,5-7,13H,1,3-4H2,(H,15,16). The van der Waals surface area contributed by atoms with Crippen molar-refractivity contribution in [3.8, 4) is 11.3 Å². The molecule has 0 saturated heterocycles. The summed E-state index contributed by atoms with van der Waals surface area (Å²) in [5.41, 5.74) is 1.16. The summed E-state index contributed by atoms with van der Waals surface area (Å²) in [7, 11) is 0. The highest BCUT2D eigenvalue weighted by Crippen LogP contribution is 2.45. The van der Waals surface area contributed by atoms with Crippen molar-refractivity contribution in [2.45, 2.75) is 24.7 Å². The maximum atomic E-state index is 11.4. The van der Waals surface area contributed by atoms with E-state index < -0.39 is 11.4 Å². The predicted molar refractivity (Wildman–Crippen MR) is 65.1 cm³/mol. The van der Waals surface area contributed by atoms with Crippen LogP contribution >= 0.6 is 11.3 Å². The Bertz CT molecular complexity index is 541. The van der Waals surface area contributed by atoms with Gasteiger partial charge in [-0.3, -0.25) is 4.79 Å². The van der Waals surface area contributed by atoms with E-state index in [1.54, 1.807) is 0 Å². The number of aromatic nitrogens is 2. The van der Waals surface area contributed by atoms with Crippen LogP contribution in [-0.2, 0) is 10.2 Å². The second-order valence-corrected chi connectivity index (χ2v) is 5.24. The maximum Gasteiger partial charge on any atom is 0.316 e. The van der Waals surface area contributed by atoms with E-state index in [9.17, 15) is 9.90 Å². The Morgan fingerprint density at radius 3 is 2.88 bits per heavy atom. The summed E-state index contributed by atoms with van der Waals surface area (Å²) in [6.07, 6.45) is 6.11. The first kappa shape index (κ1) is 10.5. The Balaban J connectivity index is 1.98. The summed E-state index contributed by atoms with van der Waals surface area (Å²) in [6, 6.07) is 1.94. The van der Waals surface area contributed by atoms with Crippen LogP contribution in [0.4, 0.5) is 0 Å². The van der Waals surface area contributed by atoms with Crippen LogP contribution in [0.2, 0.25) is 0 Å². The first-order chi connectivity index (χ1) is 8.22. The van der Waals surface area contributed by atoms with Crippen molar-refractivity contribution in [3.63, 3.8) is 0 Å². The molecule has 0 unspecified atom stereocenters. The van der Waals surface area contributed by atoms with E-state index in [1.165, 1.54) is 11.3 Å². The van der Waals surface area contributed by atoms with Crippen molar-refractivity contribution in [3.05, 3.63) is 28.8 Å². The number of hydrogen-bond donors (Lipinski definition) is 2. The first-order valence-corrected chi connectivity index (χ1v) is 6.43. The Kier molecular flexibility index (Phi) is 2.29. The molecular weight excluding hydrogens is 236 g/mol. The highest BCUT2D eigenvalue weighted by Gasteiger charge is 2.48. The molecule has 1 fully saturated rings. The first-order valence-electron chi connectivity index (χ1n) is 5.55. The highest BCUT2D eigenvalue weighted by molar-refractivity contribution is 7.10. The number of thiazole rings is 1. The molecular formula is C12H12N2O2S. The van der Waals surface area contributed by atoms with Gasteiger partial charge in [-0.2, -0.15) is 0 Å². The third kappa shape index (κ3) is 1.50. The van der Waals surface area contributed by atoms with E-state index in [1.807, 2.05) is 23.8 Å². The summed E-state index contributed by atoms with van der Waals surface area (Å²) < 4.78 is 0. The topological polar surface area (TPSA) is 66.0 Å². The number of rotatable bonds is 3. The normalized spacial score (nSPS) is 17.6. The minimum absolute atomic E-state index is 0.709. The number of carboxylic acid groups (broad SMARTS) is 1. The van der Waals surface area contributed by atoms with Gasteiger partial charge in [0.05, 0.1) is 5.69 Å². The molecule has 0 radical (unpaired) electrons. The average molecular weight is 248 g/mol. The summed E-state index contributed by atoms with van der Waals surface area (Å²) in [5, 5.41) is 12.0. The fraction of sp³-hybridized carbons (Fsp3) is 0.333. The molecule has 0 aliphatic heterocycles. The van der Waals surface area contributed by atoms with Crippen molar-refractivity contribution in [1.29, 1.82) is 0 Å². The summed E-state index contributed by atoms with van der Waals surface area (Å²) in [6.45, 7) is 0. The van der Waals surface area contributed by atoms with E-state index in [0.29, 0.717) is 12.8 Å². The van der Waals surface area contributed by atoms with Gasteiger partial charge in [0.2, 0.25) is 0 Å². The van der Waals surface area contributed by atoms with Crippen molar-refractivity contribution in [2.24, 2.45) is 0 Å². The van der Waals surface area contributed by atoms with Gasteiger partial charge in [0.15, 0.2) is 0 Å². The molecule has 2 aromatic heterocycles. The molecule has 88 valence electrons. The lowest BCUT2D eigenvalue weighted by Crippen LogP contribution is -2.42. The molecule has 2 aromatic rings. The Labute approximate surface area is 102 Å². The van der Waals surface area contributed by atoms with Crippen LogP contribution in [0.25, 0.3) is 11.3 Å². The summed E-state index contributed by atoms with van der Waals surface area (Å²) in [4.78, 5) is 18.8. The zero-order chi connectivity index (χ0) is 11.9. The zero-order valence-electron chi connectivity index (χ0n) is 9.14. The van der Waals surface area contributed by atoms with E-state index in [0.717, 1.165) is 22.7 Å². The number of nitrogens with zero attached hydrogens (tertiary/aromatic N) is 1. The third-order valence-corrected chi connectivity index (χ3v) is 4.47. The largest absolute Gasteiger partial charge is 0.481 e. The molecule has 5 heteroatoms. The number of H-pyrrole nitrogens is 1. The Hall–Kier alpha value is -1.62. The summed E-state index contributed by atoms with van der Waals surface area (Å²) >= 11 is 1.45. The molecule has 0 aromatic carbocycles. The molecule has 17 heavy (non-hydrogen) atoms. The number of carbonyl (C=O) groups is 1. The SMILES string of the molecule is O=C(O)C1(c2nc(-c3cc[nH]c3)cs2)CCC1. The summed E-state index contributed by atoms with van der Waals surface area (Å²) in [5.74, 6) is -0.737. The second kappa shape index (κ2) is 3.70. The van der Waals surface area contributed by atoms with Crippen LogP contribution in [-0.4, -0.2) is 21.0 Å². The molecule has 3 rings (SSSR count). The van der Waals surface area contributed by atoms with Gasteiger partial charge in [0, 0.05) is 23.3 Å². The van der Waals surface area contributed by atoms with Gasteiger partial charge in [-0.1, -0.05) is 6.42 Å². The maximum absolute atomic E-state index is 11.4. The highest BCUT2D eigenvalue weighted by atomic mass is 32.1. The Morgan fingerprint density at radius 1 is 1.53 bits per heavy atom. The van der Waals surface area contributed by atoms with Crippen molar-refractivity contribution >= 4 is 17.3 Å². The minimum Gasteiger partial charge on any atom is -0.481 e. The number of aliphatic carboxylic acids is 1. The van der Waals surface area contributed by atoms with E-state index in [2.05, 4.69) is 9.97 Å². The van der Waals surface area contributed by atoms with Crippen LogP contribution in [0.5, 0.6) is 0 Å². The number of hydrogen-bond acceptors (Lipinski definition) is 3. The lowest BCUT2D eigenvalue weighted by Gasteiger charge is -2.35. The Morgan fingerprint density at radius 2 is 2.35 bits per heavy atom. The number of carboxylic acids is 1. The van der Waals surface area contributed by atoms with Crippen LogP contribution in [0, 0.1) is 0 Å². The van der Waals surface area contributed by atoms with Gasteiger partial charge in [-0.15, -0.1) is 11.3 Å². The second-order valence-electron chi connectivity index (χ2n) is 4.38. The van der Waals surface area contributed by atoms with Crippen molar-refractivity contribution in [1.82, 2.24) is 9.97 Å². The minimum atomic E-state index is -0.737. The van der Waals surface area contributed by atoms with Crippen molar-refractivity contribution in [2.75, 3.05) is 0 Å². The smallest absolute Gasteiger partial charge is 0.316 e. The molecule has 0 spiro atoms. The molecule has 0 atom stereocenters. The van der Waals surface area contributed by atoms with E-state index in [-0.39, 0.29) is 0 Å². The zero-order valence-corrected chi connectivity index (χ0v) is 9.96. The monoisotopic (exact) mass is 248 g/mol. The molecule has 2 N–H and O–H groups in total. The third-order valence-electron chi connectivity index (χ3n) is 3.42. The lowest BCUT2D eigenvalue weighted by atomic mass is 9.69. The molecule has 1 saturated carbocycles. The molecule has 4 nitrogen and oxygen atoms in total. The van der Waals surface area contributed by atoms with Gasteiger partial charge >= 0.3 is 5.97 Å². The molecule has 1 aliphatic carbocycles. The van der Waals surface area contributed by atoms with E-state index >= 15 is 0 Å². The predicted octanol–water partition coefficient (Wildman–Crippen LogP) is 2.64. The van der Waals surface area contributed by atoms with Gasteiger partial charge in [0.25, 0.3) is 0 Å². The van der Waals surface area contributed by atoms with Crippen molar-refractivity contribution < 1.29 is 9.90 Å². The fourth-order valence-corrected chi connectivity index (χ4v) is 3.24. The van der Waals surface area contributed by atoms with Crippen LogP contribution < -0.4 is 0 Å². The van der Waals surface area contributed by atoms with Gasteiger partial charge < -0.3 is 10.1 Å². The van der Waals surface area contributed by atoms with Crippen LogP contribution in [0.3, 0.4) is 0 Å². The number of aromatic amines is 1. The quantitative estimate of drug-likeness (QED) is 0.877. The fourth-order valence-electron chi connectivity index (χ4n) is 2.16. The van der Waals surface area contributed by atoms with Gasteiger partial charge in [-0.25, -0.2) is 4.98 Å². The number of nitrogens with one attached hydrogen (secondary N) is 1. The molecule has 0 bridgehead atoms. The molecule has 0 amide bonds. The van der Waals surface area contributed by atoms with Gasteiger partial charge in [-0.05, 0) is 18.9 Å². The molecule has 2 heterocycles.